The van der Waals surface area contributed by atoms with E-state index in [-0.39, 0.29) is 17.5 Å². The fraction of sp³-hybridized carbons (Fsp3) is 0.778. The third-order valence-corrected chi connectivity index (χ3v) is 8.20. The van der Waals surface area contributed by atoms with Crippen molar-refractivity contribution in [2.24, 2.45) is 5.92 Å². The van der Waals surface area contributed by atoms with E-state index < -0.39 is 32.0 Å². The van der Waals surface area contributed by atoms with E-state index in [0.29, 0.717) is 31.8 Å². The lowest BCUT2D eigenvalue weighted by Gasteiger charge is -2.28. The number of amides is 1. The number of rotatable bonds is 7. The van der Waals surface area contributed by atoms with E-state index in [4.69, 9.17) is 9.26 Å². The molecule has 1 atom stereocenters. The van der Waals surface area contributed by atoms with Crippen LogP contribution in [0.1, 0.15) is 53.2 Å². The van der Waals surface area contributed by atoms with Crippen molar-refractivity contribution in [3.8, 4) is 0 Å². The molecule has 1 aliphatic rings. The average Bonchev–Trinajstić information content (AvgIpc) is 3.04. The Bertz CT molecular complexity index is 761. The summed E-state index contributed by atoms with van der Waals surface area (Å²) >= 11 is 0. The second-order valence-corrected chi connectivity index (χ2v) is 10.9. The summed E-state index contributed by atoms with van der Waals surface area (Å²) < 4.78 is 34.5. The Morgan fingerprint density at radius 1 is 1.33 bits per heavy atom. The van der Waals surface area contributed by atoms with E-state index in [1.807, 2.05) is 0 Å². The minimum atomic E-state index is -3.68. The Hall–Kier alpha value is -1.45. The van der Waals surface area contributed by atoms with Crippen LogP contribution < -0.4 is 5.32 Å². The largest absolute Gasteiger partial charge is 0.392 e. The first-order chi connectivity index (χ1) is 12.4. The zero-order chi connectivity index (χ0) is 20.5. The number of aromatic nitrogens is 1. The summed E-state index contributed by atoms with van der Waals surface area (Å²) in [5, 5.41) is 16.2. The van der Waals surface area contributed by atoms with Gasteiger partial charge in [0.15, 0.2) is 15.7 Å². The molecule has 8 nitrogen and oxygen atoms in total. The minimum Gasteiger partial charge on any atom is -0.392 e. The predicted molar refractivity (Wildman–Crippen MR) is 101 cm³/mol. The number of nitrogens with zero attached hydrogens (tertiary/aromatic N) is 1. The van der Waals surface area contributed by atoms with Crippen LogP contribution in [0, 0.1) is 5.92 Å². The van der Waals surface area contributed by atoms with Gasteiger partial charge in [0.1, 0.15) is 10.5 Å². The van der Waals surface area contributed by atoms with E-state index >= 15 is 0 Å². The Labute approximate surface area is 160 Å². The second kappa shape index (κ2) is 7.89. The summed E-state index contributed by atoms with van der Waals surface area (Å²) in [6.07, 6.45) is 0.668. The molecule has 0 bridgehead atoms. The normalized spacial score (nSPS) is 18.3. The van der Waals surface area contributed by atoms with Gasteiger partial charge in [-0.1, -0.05) is 19.0 Å². The Morgan fingerprint density at radius 3 is 2.48 bits per heavy atom. The van der Waals surface area contributed by atoms with Crippen LogP contribution in [0.4, 0.5) is 5.82 Å². The number of anilines is 1. The maximum atomic E-state index is 12.8. The van der Waals surface area contributed by atoms with E-state index in [2.05, 4.69) is 10.5 Å². The van der Waals surface area contributed by atoms with Crippen molar-refractivity contribution in [1.82, 2.24) is 5.16 Å². The van der Waals surface area contributed by atoms with Crippen LogP contribution in [0.15, 0.2) is 10.6 Å². The molecule has 9 heteroatoms. The molecule has 0 spiro atoms. The molecular formula is C18H30N2O6S. The SMILES string of the molecule is C[C@H](O)C(C)(C)c1cc(NC(=O)C(C)(C)S(=O)(=O)CC2CCOCC2)no1. The van der Waals surface area contributed by atoms with E-state index in [1.165, 1.54) is 19.9 Å². The molecule has 154 valence electrons. The van der Waals surface area contributed by atoms with Crippen molar-refractivity contribution in [3.05, 3.63) is 11.8 Å². The molecule has 2 N–H and O–H groups in total. The molecular weight excluding hydrogens is 372 g/mol. The van der Waals surface area contributed by atoms with Gasteiger partial charge in [-0.15, -0.1) is 0 Å². The third kappa shape index (κ3) is 4.70. The standard InChI is InChI=1S/C18H30N2O6S/c1-12(21)17(2,3)14-10-15(20-26-14)19-16(22)18(4,5)27(23,24)11-13-6-8-25-9-7-13/h10,12-13,21H,6-9,11H2,1-5H3,(H,19,20,22)/t12-/m0/s1. The van der Waals surface area contributed by atoms with Gasteiger partial charge >= 0.3 is 0 Å². The topological polar surface area (TPSA) is 119 Å². The number of aliphatic hydroxyl groups excluding tert-OH is 1. The quantitative estimate of drug-likeness (QED) is 0.715. The highest BCUT2D eigenvalue weighted by molar-refractivity contribution is 7.93. The molecule has 0 aliphatic carbocycles. The summed E-state index contributed by atoms with van der Waals surface area (Å²) in [4.78, 5) is 12.7. The van der Waals surface area contributed by atoms with Crippen LogP contribution in [0.25, 0.3) is 0 Å². The molecule has 1 aliphatic heterocycles. The molecule has 0 saturated carbocycles. The van der Waals surface area contributed by atoms with Crippen LogP contribution >= 0.6 is 0 Å². The van der Waals surface area contributed by atoms with E-state index in [0.717, 1.165) is 0 Å². The smallest absolute Gasteiger partial charge is 0.246 e. The molecule has 0 aromatic carbocycles. The molecule has 1 fully saturated rings. The van der Waals surface area contributed by atoms with Crippen LogP contribution in [0.5, 0.6) is 0 Å². The summed E-state index contributed by atoms with van der Waals surface area (Å²) in [7, 11) is -3.68. The number of sulfone groups is 1. The number of aliphatic hydroxyl groups is 1. The summed E-state index contributed by atoms with van der Waals surface area (Å²) in [5.74, 6) is -0.185. The molecule has 1 aromatic heterocycles. The van der Waals surface area contributed by atoms with Crippen molar-refractivity contribution in [1.29, 1.82) is 0 Å². The highest BCUT2D eigenvalue weighted by Crippen LogP contribution is 2.30. The number of carbonyl (C=O) groups excluding carboxylic acids is 1. The fourth-order valence-electron chi connectivity index (χ4n) is 2.68. The van der Waals surface area contributed by atoms with Crippen LogP contribution in [-0.4, -0.2) is 54.4 Å². The molecule has 1 saturated heterocycles. The highest BCUT2D eigenvalue weighted by Gasteiger charge is 2.43. The van der Waals surface area contributed by atoms with Crippen LogP contribution in [0.3, 0.4) is 0 Å². The minimum absolute atomic E-state index is 0.00122. The number of hydrogen-bond donors (Lipinski definition) is 2. The van der Waals surface area contributed by atoms with Gasteiger partial charge in [0.2, 0.25) is 5.91 Å². The zero-order valence-electron chi connectivity index (χ0n) is 16.6. The number of nitrogens with one attached hydrogen (secondary N) is 1. The van der Waals surface area contributed by atoms with Gasteiger partial charge in [-0.2, -0.15) is 0 Å². The molecule has 1 aromatic rings. The Morgan fingerprint density at radius 2 is 1.93 bits per heavy atom. The first kappa shape index (κ1) is 21.8. The maximum Gasteiger partial charge on any atom is 0.246 e. The average molecular weight is 403 g/mol. The lowest BCUT2D eigenvalue weighted by molar-refractivity contribution is -0.117. The number of carbonyl (C=O) groups is 1. The molecule has 1 amide bonds. The summed E-state index contributed by atoms with van der Waals surface area (Å²) in [6, 6.07) is 1.51. The van der Waals surface area contributed by atoms with Crippen LogP contribution in [-0.2, 0) is 24.8 Å². The van der Waals surface area contributed by atoms with Gasteiger partial charge in [0.25, 0.3) is 0 Å². The number of ether oxygens (including phenoxy) is 1. The lowest BCUT2D eigenvalue weighted by Crippen LogP contribution is -2.47. The van der Waals surface area contributed by atoms with Crippen molar-refractivity contribution >= 4 is 21.6 Å². The zero-order valence-corrected chi connectivity index (χ0v) is 17.4. The fourth-order valence-corrected chi connectivity index (χ4v) is 4.39. The Balaban J connectivity index is 2.10. The van der Waals surface area contributed by atoms with Gasteiger partial charge in [-0.25, -0.2) is 8.42 Å². The molecule has 2 heterocycles. The van der Waals surface area contributed by atoms with Crippen molar-refractivity contribution < 1.29 is 27.6 Å². The molecule has 0 unspecified atom stereocenters. The summed E-state index contributed by atoms with van der Waals surface area (Å²) in [5.41, 5.74) is -0.694. The monoisotopic (exact) mass is 402 g/mol. The molecule has 2 rings (SSSR count). The van der Waals surface area contributed by atoms with Gasteiger partial charge in [0.05, 0.1) is 17.3 Å². The molecule has 0 radical (unpaired) electrons. The first-order valence-corrected chi connectivity index (χ1v) is 10.8. The second-order valence-electron chi connectivity index (χ2n) is 8.28. The van der Waals surface area contributed by atoms with Gasteiger partial charge in [0, 0.05) is 19.3 Å². The maximum absolute atomic E-state index is 12.8. The Kier molecular flexibility index (Phi) is 6.38. The number of hydrogen-bond acceptors (Lipinski definition) is 7. The highest BCUT2D eigenvalue weighted by atomic mass is 32.2. The van der Waals surface area contributed by atoms with Gasteiger partial charge in [-0.05, 0) is 39.5 Å². The van der Waals surface area contributed by atoms with Gasteiger partial charge < -0.3 is 19.7 Å². The third-order valence-electron chi connectivity index (χ3n) is 5.55. The van der Waals surface area contributed by atoms with Crippen molar-refractivity contribution in [2.75, 3.05) is 24.3 Å². The van der Waals surface area contributed by atoms with Crippen molar-refractivity contribution in [3.63, 3.8) is 0 Å². The summed E-state index contributed by atoms with van der Waals surface area (Å²) in [6.45, 7) is 9.10. The predicted octanol–water partition coefficient (Wildman–Crippen LogP) is 1.89. The molecule has 27 heavy (non-hydrogen) atoms. The van der Waals surface area contributed by atoms with E-state index in [1.54, 1.807) is 20.8 Å². The van der Waals surface area contributed by atoms with Crippen LogP contribution in [0.2, 0.25) is 0 Å². The lowest BCUT2D eigenvalue weighted by atomic mass is 9.85. The van der Waals surface area contributed by atoms with Crippen molar-refractivity contribution in [2.45, 2.75) is 63.7 Å². The van der Waals surface area contributed by atoms with E-state index in [9.17, 15) is 18.3 Å². The first-order valence-electron chi connectivity index (χ1n) is 9.14. The van der Waals surface area contributed by atoms with Gasteiger partial charge in [-0.3, -0.25) is 4.79 Å².